The Balaban J connectivity index is 1.43. The third-order valence-electron chi connectivity index (χ3n) is 5.96. The summed E-state index contributed by atoms with van der Waals surface area (Å²) in [5.74, 6) is 0.848. The summed E-state index contributed by atoms with van der Waals surface area (Å²) in [5.41, 5.74) is 6.87. The van der Waals surface area contributed by atoms with E-state index in [1.807, 2.05) is 97.1 Å². The molecule has 0 aromatic heterocycles. The number of aromatic hydroxyl groups is 1. The van der Waals surface area contributed by atoms with Crippen LogP contribution in [0.25, 0.3) is 21.9 Å². The third-order valence-corrected chi connectivity index (χ3v) is 7.08. The van der Waals surface area contributed by atoms with Crippen LogP contribution in [0.2, 0.25) is 0 Å². The van der Waals surface area contributed by atoms with Crippen molar-refractivity contribution in [1.82, 2.24) is 0 Å². The lowest BCUT2D eigenvalue weighted by atomic mass is 10.1. The Morgan fingerprint density at radius 3 is 2.11 bits per heavy atom. The van der Waals surface area contributed by atoms with Gasteiger partial charge >= 0.3 is 0 Å². The summed E-state index contributed by atoms with van der Waals surface area (Å²) in [4.78, 5) is 12.0. The van der Waals surface area contributed by atoms with E-state index >= 15 is 0 Å². The van der Waals surface area contributed by atoms with Crippen LogP contribution in [0, 0.1) is 0 Å². The molecule has 6 heteroatoms. The van der Waals surface area contributed by atoms with Crippen molar-refractivity contribution in [2.75, 3.05) is 5.48 Å². The van der Waals surface area contributed by atoms with Gasteiger partial charge in [-0.05, 0) is 47.9 Å². The molecule has 5 nitrogen and oxygen atoms in total. The highest BCUT2D eigenvalue weighted by molar-refractivity contribution is 7.99. The number of phenols is 1. The van der Waals surface area contributed by atoms with Crippen LogP contribution in [0.15, 0.2) is 119 Å². The van der Waals surface area contributed by atoms with Crippen molar-refractivity contribution in [3.63, 3.8) is 0 Å². The molecule has 0 aliphatic carbocycles. The molecule has 180 valence electrons. The van der Waals surface area contributed by atoms with E-state index in [1.54, 1.807) is 6.92 Å². The first kappa shape index (κ1) is 23.8. The zero-order valence-corrected chi connectivity index (χ0v) is 20.4. The summed E-state index contributed by atoms with van der Waals surface area (Å²) >= 11 is 1.40. The maximum atomic E-state index is 11.1. The number of hydrogen-bond acceptors (Lipinski definition) is 6. The van der Waals surface area contributed by atoms with Gasteiger partial charge in [-0.25, -0.2) is 10.4 Å². The highest BCUT2D eigenvalue weighted by Gasteiger charge is 2.17. The second-order valence-electron chi connectivity index (χ2n) is 8.30. The minimum atomic E-state index is -0.504. The molecule has 0 bridgehead atoms. The van der Waals surface area contributed by atoms with E-state index in [9.17, 15) is 10.4 Å². The molecular formula is C30H25NO4S. The molecule has 0 heterocycles. The van der Waals surface area contributed by atoms with E-state index in [4.69, 9.17) is 4.84 Å². The van der Waals surface area contributed by atoms with Gasteiger partial charge in [-0.3, -0.25) is 5.26 Å². The molecule has 0 spiro atoms. The van der Waals surface area contributed by atoms with Crippen molar-refractivity contribution in [3.05, 3.63) is 115 Å². The minimum Gasteiger partial charge on any atom is -0.506 e. The fraction of sp³-hybridized carbons (Fsp3) is 0.0667. The van der Waals surface area contributed by atoms with Crippen LogP contribution in [0.1, 0.15) is 18.6 Å². The highest BCUT2D eigenvalue weighted by atomic mass is 32.2. The van der Waals surface area contributed by atoms with E-state index in [2.05, 4.69) is 22.5 Å². The Kier molecular flexibility index (Phi) is 7.09. The van der Waals surface area contributed by atoms with E-state index < -0.39 is 6.10 Å². The zero-order chi connectivity index (χ0) is 24.9. The first-order valence-electron chi connectivity index (χ1n) is 11.5. The largest absolute Gasteiger partial charge is 0.506 e. The minimum absolute atomic E-state index is 0.181. The standard InChI is InChI=1S/C30H25NO4S/c1-20(35-33)24-11-7-8-14-28(24)36-29-19-27(25-12-5-6-13-26(25)30(29)32)31-34-23-17-15-22(16-18-23)21-9-3-2-4-10-21/h2-20,31-33H,1H3. The molecule has 5 rings (SSSR count). The second kappa shape index (κ2) is 10.7. The maximum absolute atomic E-state index is 11.1. The first-order chi connectivity index (χ1) is 17.6. The van der Waals surface area contributed by atoms with E-state index in [-0.39, 0.29) is 5.75 Å². The van der Waals surface area contributed by atoms with Crippen molar-refractivity contribution < 1.29 is 20.1 Å². The molecule has 0 fully saturated rings. The number of hydrogen-bond donors (Lipinski definition) is 3. The maximum Gasteiger partial charge on any atom is 0.155 e. The van der Waals surface area contributed by atoms with Crippen LogP contribution in [0.3, 0.4) is 0 Å². The molecule has 1 atom stereocenters. The van der Waals surface area contributed by atoms with Crippen LogP contribution < -0.4 is 10.3 Å². The predicted molar refractivity (Wildman–Crippen MR) is 144 cm³/mol. The monoisotopic (exact) mass is 495 g/mol. The zero-order valence-electron chi connectivity index (χ0n) is 19.6. The predicted octanol–water partition coefficient (Wildman–Crippen LogP) is 8.32. The molecule has 36 heavy (non-hydrogen) atoms. The Bertz CT molecular complexity index is 1470. The van der Waals surface area contributed by atoms with Crippen molar-refractivity contribution in [2.24, 2.45) is 0 Å². The van der Waals surface area contributed by atoms with Gasteiger partial charge in [-0.2, -0.15) is 0 Å². The Morgan fingerprint density at radius 1 is 0.722 bits per heavy atom. The SMILES string of the molecule is CC(OO)c1ccccc1Sc1cc(NOc2ccc(-c3ccccc3)cc2)c2ccccc2c1O. The smallest absolute Gasteiger partial charge is 0.155 e. The second-order valence-corrected chi connectivity index (χ2v) is 9.38. The van der Waals surface area contributed by atoms with Gasteiger partial charge in [0.05, 0.1) is 10.6 Å². The molecule has 0 aliphatic rings. The number of phenolic OH excluding ortho intramolecular Hbond substituents is 1. The van der Waals surface area contributed by atoms with Crippen LogP contribution in [0.5, 0.6) is 11.5 Å². The third kappa shape index (κ3) is 5.02. The summed E-state index contributed by atoms with van der Waals surface area (Å²) in [6.45, 7) is 1.77. The normalized spacial score (nSPS) is 11.8. The Morgan fingerprint density at radius 2 is 1.36 bits per heavy atom. The molecule has 5 aromatic carbocycles. The molecule has 0 saturated carbocycles. The van der Waals surface area contributed by atoms with Crippen LogP contribution in [0.4, 0.5) is 5.69 Å². The van der Waals surface area contributed by atoms with Crippen molar-refractivity contribution in [3.8, 4) is 22.6 Å². The van der Waals surface area contributed by atoms with Crippen molar-refractivity contribution in [2.45, 2.75) is 22.8 Å². The van der Waals surface area contributed by atoms with E-state index in [0.29, 0.717) is 16.0 Å². The molecule has 1 unspecified atom stereocenters. The highest BCUT2D eigenvalue weighted by Crippen LogP contribution is 2.44. The lowest BCUT2D eigenvalue weighted by molar-refractivity contribution is -0.277. The summed E-state index contributed by atoms with van der Waals surface area (Å²) in [5, 5.41) is 21.8. The fourth-order valence-electron chi connectivity index (χ4n) is 4.04. The van der Waals surface area contributed by atoms with Gasteiger partial charge in [-0.1, -0.05) is 96.7 Å². The molecular weight excluding hydrogens is 470 g/mol. The molecule has 5 aromatic rings. The van der Waals surface area contributed by atoms with Gasteiger partial charge < -0.3 is 9.94 Å². The average molecular weight is 496 g/mol. The van der Waals surface area contributed by atoms with E-state index in [1.165, 1.54) is 11.8 Å². The number of anilines is 1. The van der Waals surface area contributed by atoms with Gasteiger partial charge in [0.2, 0.25) is 0 Å². The van der Waals surface area contributed by atoms with Crippen LogP contribution in [-0.4, -0.2) is 10.4 Å². The molecule has 0 saturated heterocycles. The average Bonchev–Trinajstić information content (AvgIpc) is 2.94. The lowest BCUT2D eigenvalue weighted by Gasteiger charge is -2.17. The summed E-state index contributed by atoms with van der Waals surface area (Å²) in [6, 6.07) is 35.1. The fourth-order valence-corrected chi connectivity index (χ4v) is 5.16. The quantitative estimate of drug-likeness (QED) is 0.114. The number of rotatable bonds is 8. The van der Waals surface area contributed by atoms with Crippen molar-refractivity contribution >= 4 is 28.2 Å². The summed E-state index contributed by atoms with van der Waals surface area (Å²) in [6.07, 6.45) is -0.504. The summed E-state index contributed by atoms with van der Waals surface area (Å²) in [7, 11) is 0. The Labute approximate surface area is 213 Å². The number of nitrogens with one attached hydrogen (secondary N) is 1. The van der Waals surface area contributed by atoms with Gasteiger partial charge in [0.1, 0.15) is 11.9 Å². The summed E-state index contributed by atoms with van der Waals surface area (Å²) < 4.78 is 0. The number of fused-ring (bicyclic) bond motifs is 1. The van der Waals surface area contributed by atoms with Gasteiger partial charge in [-0.15, -0.1) is 0 Å². The number of benzene rings is 5. The Hall–Kier alpha value is -3.97. The lowest BCUT2D eigenvalue weighted by Crippen LogP contribution is -2.05. The molecule has 3 N–H and O–H groups in total. The van der Waals surface area contributed by atoms with Crippen LogP contribution in [-0.2, 0) is 4.89 Å². The van der Waals surface area contributed by atoms with Gasteiger partial charge in [0.25, 0.3) is 0 Å². The van der Waals surface area contributed by atoms with Crippen molar-refractivity contribution in [1.29, 1.82) is 0 Å². The van der Waals surface area contributed by atoms with Gasteiger partial charge in [0, 0.05) is 15.7 Å². The molecule has 0 radical (unpaired) electrons. The first-order valence-corrected chi connectivity index (χ1v) is 12.4. The van der Waals surface area contributed by atoms with Gasteiger partial charge in [0.15, 0.2) is 5.75 Å². The topological polar surface area (TPSA) is 71.0 Å². The van der Waals surface area contributed by atoms with Crippen LogP contribution >= 0.6 is 11.8 Å². The molecule has 0 aliphatic heterocycles. The molecule has 0 amide bonds. The van der Waals surface area contributed by atoms with E-state index in [0.717, 1.165) is 32.7 Å².